The van der Waals surface area contributed by atoms with Crippen LogP contribution in [0.15, 0.2) is 54.7 Å². The number of nitrogens with one attached hydrogen (secondary N) is 1. The number of hydrogen-bond acceptors (Lipinski definition) is 4. The molecule has 21 heavy (non-hydrogen) atoms. The van der Waals surface area contributed by atoms with Crippen molar-refractivity contribution in [2.45, 2.75) is 0 Å². The summed E-state index contributed by atoms with van der Waals surface area (Å²) in [5, 5.41) is 0.857. The molecule has 2 heterocycles. The van der Waals surface area contributed by atoms with E-state index in [4.69, 9.17) is 0 Å². The van der Waals surface area contributed by atoms with Crippen LogP contribution in [0.3, 0.4) is 0 Å². The number of aromatic nitrogens is 2. The third-order valence-corrected chi connectivity index (χ3v) is 3.52. The van der Waals surface area contributed by atoms with Crippen LogP contribution in [0.5, 0.6) is 0 Å². The van der Waals surface area contributed by atoms with Crippen molar-refractivity contribution in [3.8, 4) is 11.1 Å². The fraction of sp³-hybridized carbons (Fsp3) is 0.0667. The first-order valence-corrected chi connectivity index (χ1v) is 8.20. The second kappa shape index (κ2) is 5.14. The molecular formula is C15H13N3O2S. The molecule has 0 saturated heterocycles. The molecule has 0 aliphatic carbocycles. The summed E-state index contributed by atoms with van der Waals surface area (Å²) in [5.74, 6) is 0.268. The Kier molecular flexibility index (Phi) is 3.31. The molecule has 0 atom stereocenters. The summed E-state index contributed by atoms with van der Waals surface area (Å²) in [4.78, 5) is 8.50. The largest absolute Gasteiger partial charge is 0.268 e. The zero-order chi connectivity index (χ0) is 14.9. The van der Waals surface area contributed by atoms with E-state index in [0.717, 1.165) is 22.8 Å². The van der Waals surface area contributed by atoms with Gasteiger partial charge < -0.3 is 0 Å². The van der Waals surface area contributed by atoms with Crippen LogP contribution >= 0.6 is 0 Å². The third-order valence-electron chi connectivity index (χ3n) is 2.94. The van der Waals surface area contributed by atoms with Crippen LogP contribution in [0.4, 0.5) is 5.82 Å². The van der Waals surface area contributed by atoms with Gasteiger partial charge in [-0.25, -0.2) is 18.4 Å². The maximum Gasteiger partial charge on any atom is 0.230 e. The summed E-state index contributed by atoms with van der Waals surface area (Å²) in [6.07, 6.45) is 2.82. The highest BCUT2D eigenvalue weighted by molar-refractivity contribution is 7.92. The molecule has 0 spiro atoms. The van der Waals surface area contributed by atoms with Crippen LogP contribution < -0.4 is 4.72 Å². The van der Waals surface area contributed by atoms with Crippen molar-refractivity contribution in [3.63, 3.8) is 0 Å². The van der Waals surface area contributed by atoms with Gasteiger partial charge in [0.2, 0.25) is 10.0 Å². The van der Waals surface area contributed by atoms with Crippen LogP contribution in [0.1, 0.15) is 0 Å². The molecule has 2 aromatic heterocycles. The van der Waals surface area contributed by atoms with E-state index < -0.39 is 10.0 Å². The van der Waals surface area contributed by atoms with E-state index in [1.807, 2.05) is 36.4 Å². The van der Waals surface area contributed by atoms with Crippen molar-refractivity contribution in [3.05, 3.63) is 54.7 Å². The van der Waals surface area contributed by atoms with Crippen LogP contribution in [-0.4, -0.2) is 24.6 Å². The lowest BCUT2D eigenvalue weighted by Gasteiger charge is -2.06. The topological polar surface area (TPSA) is 72.0 Å². The average molecular weight is 299 g/mol. The molecule has 0 fully saturated rings. The minimum atomic E-state index is -3.34. The minimum absolute atomic E-state index is 0.268. The SMILES string of the molecule is CS(=O)(=O)Nc1ccc2cc(-c3ccccc3)cnc2n1. The maximum absolute atomic E-state index is 11.2. The van der Waals surface area contributed by atoms with Crippen molar-refractivity contribution in [2.75, 3.05) is 11.0 Å². The number of sulfonamides is 1. The second-order valence-electron chi connectivity index (χ2n) is 4.71. The summed E-state index contributed by atoms with van der Waals surface area (Å²) >= 11 is 0. The van der Waals surface area contributed by atoms with Crippen molar-refractivity contribution >= 4 is 26.9 Å². The number of nitrogens with zero attached hydrogens (tertiary/aromatic N) is 2. The molecule has 3 rings (SSSR count). The second-order valence-corrected chi connectivity index (χ2v) is 6.46. The lowest BCUT2D eigenvalue weighted by molar-refractivity contribution is 0.606. The highest BCUT2D eigenvalue weighted by Crippen LogP contribution is 2.22. The first-order valence-electron chi connectivity index (χ1n) is 6.31. The molecule has 3 aromatic rings. The van der Waals surface area contributed by atoms with Crippen molar-refractivity contribution < 1.29 is 8.42 Å². The highest BCUT2D eigenvalue weighted by atomic mass is 32.2. The molecule has 0 aliphatic heterocycles. The number of hydrogen-bond donors (Lipinski definition) is 1. The van der Waals surface area contributed by atoms with Gasteiger partial charge in [-0.3, -0.25) is 4.72 Å². The lowest BCUT2D eigenvalue weighted by Crippen LogP contribution is -2.10. The Morgan fingerprint density at radius 2 is 1.76 bits per heavy atom. The van der Waals surface area contributed by atoms with Crippen molar-refractivity contribution in [1.29, 1.82) is 0 Å². The Labute approximate surface area is 122 Å². The van der Waals surface area contributed by atoms with E-state index >= 15 is 0 Å². The van der Waals surface area contributed by atoms with E-state index in [1.54, 1.807) is 18.3 Å². The zero-order valence-electron chi connectivity index (χ0n) is 11.3. The number of rotatable bonds is 3. The molecule has 0 radical (unpaired) electrons. The van der Waals surface area contributed by atoms with Gasteiger partial charge in [0.15, 0.2) is 5.65 Å². The molecule has 6 heteroatoms. The monoisotopic (exact) mass is 299 g/mol. The molecule has 0 aliphatic rings. The molecule has 0 amide bonds. The molecule has 5 nitrogen and oxygen atoms in total. The normalized spacial score (nSPS) is 11.5. The van der Waals surface area contributed by atoms with Gasteiger partial charge in [-0.2, -0.15) is 0 Å². The predicted molar refractivity (Wildman–Crippen MR) is 83.4 cm³/mol. The van der Waals surface area contributed by atoms with E-state index in [9.17, 15) is 8.42 Å². The van der Waals surface area contributed by atoms with Crippen molar-refractivity contribution in [1.82, 2.24) is 9.97 Å². The fourth-order valence-corrected chi connectivity index (χ4v) is 2.54. The standard InChI is InChI=1S/C15H13N3O2S/c1-21(19,20)18-14-8-7-12-9-13(10-16-15(12)17-14)11-5-3-2-4-6-11/h2-10H,1H3,(H,16,17,18). The molecule has 0 unspecified atom stereocenters. The van der Waals surface area contributed by atoms with Crippen LogP contribution in [0, 0.1) is 0 Å². The summed E-state index contributed by atoms with van der Waals surface area (Å²) < 4.78 is 24.7. The minimum Gasteiger partial charge on any atom is -0.268 e. The smallest absolute Gasteiger partial charge is 0.230 e. The van der Waals surface area contributed by atoms with E-state index in [-0.39, 0.29) is 5.82 Å². The first-order chi connectivity index (χ1) is 10.0. The van der Waals surface area contributed by atoms with Gasteiger partial charge in [0.1, 0.15) is 5.82 Å². The number of fused-ring (bicyclic) bond motifs is 1. The Hall–Kier alpha value is -2.47. The number of anilines is 1. The van der Waals surface area contributed by atoms with Crippen molar-refractivity contribution in [2.24, 2.45) is 0 Å². The zero-order valence-corrected chi connectivity index (χ0v) is 12.1. The maximum atomic E-state index is 11.2. The average Bonchev–Trinajstić information content (AvgIpc) is 2.46. The Morgan fingerprint density at radius 3 is 2.48 bits per heavy atom. The van der Waals surface area contributed by atoms with Gasteiger partial charge in [0, 0.05) is 17.1 Å². The van der Waals surface area contributed by atoms with Crippen LogP contribution in [0.2, 0.25) is 0 Å². The first kappa shape index (κ1) is 13.5. The summed E-state index contributed by atoms with van der Waals surface area (Å²) in [6.45, 7) is 0. The number of pyridine rings is 2. The van der Waals surface area contributed by atoms with Gasteiger partial charge in [0.25, 0.3) is 0 Å². The molecule has 106 valence electrons. The number of benzene rings is 1. The van der Waals surface area contributed by atoms with Gasteiger partial charge in [-0.05, 0) is 23.8 Å². The molecule has 0 saturated carbocycles. The highest BCUT2D eigenvalue weighted by Gasteiger charge is 2.06. The van der Waals surface area contributed by atoms with Crippen LogP contribution in [0.25, 0.3) is 22.2 Å². The fourth-order valence-electron chi connectivity index (χ4n) is 2.05. The third kappa shape index (κ3) is 3.17. The lowest BCUT2D eigenvalue weighted by atomic mass is 10.1. The van der Waals surface area contributed by atoms with Gasteiger partial charge >= 0.3 is 0 Å². The Morgan fingerprint density at radius 1 is 1.00 bits per heavy atom. The van der Waals surface area contributed by atoms with E-state index in [2.05, 4.69) is 14.7 Å². The van der Waals surface area contributed by atoms with Gasteiger partial charge in [0.05, 0.1) is 6.26 Å². The summed E-state index contributed by atoms with van der Waals surface area (Å²) in [7, 11) is -3.34. The van der Waals surface area contributed by atoms with Crippen LogP contribution in [-0.2, 0) is 10.0 Å². The van der Waals surface area contributed by atoms with E-state index in [1.165, 1.54) is 0 Å². The van der Waals surface area contributed by atoms with Gasteiger partial charge in [-0.15, -0.1) is 0 Å². The quantitative estimate of drug-likeness (QED) is 0.807. The van der Waals surface area contributed by atoms with E-state index in [0.29, 0.717) is 5.65 Å². The molecule has 0 bridgehead atoms. The van der Waals surface area contributed by atoms with Gasteiger partial charge in [-0.1, -0.05) is 30.3 Å². The molecular weight excluding hydrogens is 286 g/mol. The Bertz CT molecular complexity index is 893. The Balaban J connectivity index is 2.03. The molecule has 1 N–H and O–H groups in total. The predicted octanol–water partition coefficient (Wildman–Crippen LogP) is 2.67. The summed E-state index contributed by atoms with van der Waals surface area (Å²) in [5.41, 5.74) is 2.57. The summed E-state index contributed by atoms with van der Waals surface area (Å²) in [6, 6.07) is 15.3. The molecule has 1 aromatic carbocycles.